The second-order valence-electron chi connectivity index (χ2n) is 4.14. The molecule has 19 heavy (non-hydrogen) atoms. The summed E-state index contributed by atoms with van der Waals surface area (Å²) in [5.74, 6) is 6.34. The molecule has 1 aromatic carbocycles. The van der Waals surface area contributed by atoms with Crippen molar-refractivity contribution in [2.45, 2.75) is 13.5 Å². The second-order valence-corrected chi connectivity index (χ2v) is 4.14. The van der Waals surface area contributed by atoms with Crippen molar-refractivity contribution in [1.82, 2.24) is 9.78 Å². The lowest BCUT2D eigenvalue weighted by Gasteiger charge is -2.09. The van der Waals surface area contributed by atoms with Crippen molar-refractivity contribution < 1.29 is 9.84 Å². The summed E-state index contributed by atoms with van der Waals surface area (Å²) in [4.78, 5) is 0. The molecule has 0 unspecified atom stereocenters. The highest BCUT2D eigenvalue weighted by Gasteiger charge is 2.05. The van der Waals surface area contributed by atoms with Crippen LogP contribution in [-0.2, 0) is 6.54 Å². The molecule has 0 saturated carbocycles. The van der Waals surface area contributed by atoms with E-state index in [4.69, 9.17) is 9.84 Å². The van der Waals surface area contributed by atoms with E-state index < -0.39 is 0 Å². The Hall–Kier alpha value is -2.25. The van der Waals surface area contributed by atoms with Crippen LogP contribution in [0.2, 0.25) is 0 Å². The zero-order chi connectivity index (χ0) is 13.7. The molecular weight excluding hydrogens is 240 g/mol. The Morgan fingerprint density at radius 3 is 2.84 bits per heavy atom. The largest absolute Gasteiger partial charge is 0.496 e. The zero-order valence-corrected chi connectivity index (χ0v) is 11.1. The van der Waals surface area contributed by atoms with Crippen LogP contribution in [0.25, 0.3) is 0 Å². The topological polar surface area (TPSA) is 47.3 Å². The molecule has 1 N–H and O–H groups in total. The van der Waals surface area contributed by atoms with E-state index in [2.05, 4.69) is 16.9 Å². The van der Waals surface area contributed by atoms with Gasteiger partial charge in [-0.05, 0) is 31.2 Å². The number of rotatable bonds is 3. The van der Waals surface area contributed by atoms with Crippen LogP contribution in [0.5, 0.6) is 5.75 Å². The van der Waals surface area contributed by atoms with Crippen molar-refractivity contribution in [3.8, 4) is 17.6 Å². The number of aromatic nitrogens is 2. The number of ether oxygens (including phenoxy) is 1. The minimum Gasteiger partial charge on any atom is -0.496 e. The molecule has 0 spiro atoms. The van der Waals surface area contributed by atoms with Crippen LogP contribution in [0.4, 0.5) is 0 Å². The number of nitrogens with zero attached hydrogens (tertiary/aromatic N) is 2. The van der Waals surface area contributed by atoms with Crippen LogP contribution >= 0.6 is 0 Å². The summed E-state index contributed by atoms with van der Waals surface area (Å²) in [7, 11) is 1.65. The minimum atomic E-state index is -0.139. The summed E-state index contributed by atoms with van der Waals surface area (Å²) in [6.45, 7) is 2.45. The molecule has 1 heterocycles. The average Bonchev–Trinajstić information content (AvgIpc) is 2.82. The molecule has 0 aliphatic rings. The first-order chi connectivity index (χ1) is 9.22. The molecule has 0 fully saturated rings. The monoisotopic (exact) mass is 256 g/mol. The fraction of sp³-hybridized carbons (Fsp3) is 0.267. The Morgan fingerprint density at radius 1 is 1.37 bits per heavy atom. The summed E-state index contributed by atoms with van der Waals surface area (Å²) >= 11 is 0. The van der Waals surface area contributed by atoms with Crippen LogP contribution in [0.1, 0.15) is 16.8 Å². The molecule has 2 aromatic rings. The van der Waals surface area contributed by atoms with Gasteiger partial charge in [-0.25, -0.2) is 0 Å². The summed E-state index contributed by atoms with van der Waals surface area (Å²) in [6.07, 6.45) is 1.93. The van der Waals surface area contributed by atoms with Gasteiger partial charge in [-0.3, -0.25) is 4.68 Å². The van der Waals surface area contributed by atoms with E-state index >= 15 is 0 Å². The van der Waals surface area contributed by atoms with Crippen LogP contribution in [0.3, 0.4) is 0 Å². The van der Waals surface area contributed by atoms with E-state index in [1.807, 2.05) is 42.1 Å². The molecule has 0 atom stereocenters. The number of hydrogen-bond donors (Lipinski definition) is 1. The van der Waals surface area contributed by atoms with Crippen LogP contribution in [0.15, 0.2) is 30.5 Å². The SMILES string of the molecule is COc1ccc(C#CCO)cc1Cn1ccc(C)n1. The van der Waals surface area contributed by atoms with Crippen molar-refractivity contribution in [2.75, 3.05) is 13.7 Å². The van der Waals surface area contributed by atoms with E-state index in [9.17, 15) is 0 Å². The van der Waals surface area contributed by atoms with Crippen molar-refractivity contribution in [2.24, 2.45) is 0 Å². The number of aliphatic hydroxyl groups excluding tert-OH is 1. The molecule has 0 aliphatic heterocycles. The van der Waals surface area contributed by atoms with Crippen molar-refractivity contribution in [3.05, 3.63) is 47.3 Å². The van der Waals surface area contributed by atoms with Gasteiger partial charge in [0.2, 0.25) is 0 Å². The van der Waals surface area contributed by atoms with Crippen molar-refractivity contribution >= 4 is 0 Å². The van der Waals surface area contributed by atoms with E-state index in [0.29, 0.717) is 6.54 Å². The summed E-state index contributed by atoms with van der Waals surface area (Å²) < 4.78 is 7.20. The van der Waals surface area contributed by atoms with Gasteiger partial charge in [0.25, 0.3) is 0 Å². The summed E-state index contributed by atoms with van der Waals surface area (Å²) in [5.41, 5.74) is 2.85. The van der Waals surface area contributed by atoms with Gasteiger partial charge in [0.15, 0.2) is 0 Å². The lowest BCUT2D eigenvalue weighted by Crippen LogP contribution is -2.03. The Kier molecular flexibility index (Phi) is 4.22. The first-order valence-corrected chi connectivity index (χ1v) is 5.99. The van der Waals surface area contributed by atoms with Crippen molar-refractivity contribution in [1.29, 1.82) is 0 Å². The highest BCUT2D eigenvalue weighted by molar-refractivity contribution is 5.44. The smallest absolute Gasteiger partial charge is 0.124 e. The Labute approximate surface area is 112 Å². The number of aryl methyl sites for hydroxylation is 1. The average molecular weight is 256 g/mol. The van der Waals surface area contributed by atoms with Gasteiger partial charge in [0, 0.05) is 17.3 Å². The van der Waals surface area contributed by atoms with Gasteiger partial charge in [0.05, 0.1) is 19.3 Å². The molecule has 98 valence electrons. The molecule has 0 amide bonds. The van der Waals surface area contributed by atoms with E-state index in [1.165, 1.54) is 0 Å². The Balaban J connectivity index is 2.30. The molecule has 0 saturated heterocycles. The summed E-state index contributed by atoms with van der Waals surface area (Å²) in [6, 6.07) is 7.67. The molecule has 4 heteroatoms. The predicted molar refractivity (Wildman–Crippen MR) is 73.0 cm³/mol. The van der Waals surface area contributed by atoms with E-state index in [-0.39, 0.29) is 6.61 Å². The molecule has 1 aromatic heterocycles. The van der Waals surface area contributed by atoms with Gasteiger partial charge >= 0.3 is 0 Å². The molecule has 0 bridgehead atoms. The van der Waals surface area contributed by atoms with Gasteiger partial charge in [-0.15, -0.1) is 0 Å². The number of hydrogen-bond acceptors (Lipinski definition) is 3. The lowest BCUT2D eigenvalue weighted by molar-refractivity contribution is 0.350. The number of aliphatic hydroxyl groups is 1. The Morgan fingerprint density at radius 2 is 2.21 bits per heavy atom. The number of methoxy groups -OCH3 is 1. The van der Waals surface area contributed by atoms with Crippen LogP contribution in [-0.4, -0.2) is 28.6 Å². The van der Waals surface area contributed by atoms with Gasteiger partial charge < -0.3 is 9.84 Å². The first kappa shape index (κ1) is 13.2. The molecule has 2 rings (SSSR count). The van der Waals surface area contributed by atoms with Crippen LogP contribution < -0.4 is 4.74 Å². The highest BCUT2D eigenvalue weighted by atomic mass is 16.5. The Bertz CT molecular complexity index is 621. The summed E-state index contributed by atoms with van der Waals surface area (Å²) in [5, 5.41) is 13.1. The number of benzene rings is 1. The third-order valence-corrected chi connectivity index (χ3v) is 2.70. The van der Waals surface area contributed by atoms with Crippen LogP contribution in [0, 0.1) is 18.8 Å². The third kappa shape index (κ3) is 3.36. The first-order valence-electron chi connectivity index (χ1n) is 5.99. The molecule has 0 radical (unpaired) electrons. The van der Waals surface area contributed by atoms with E-state index in [1.54, 1.807) is 7.11 Å². The fourth-order valence-corrected chi connectivity index (χ4v) is 1.85. The highest BCUT2D eigenvalue weighted by Crippen LogP contribution is 2.20. The fourth-order valence-electron chi connectivity index (χ4n) is 1.85. The van der Waals surface area contributed by atoms with Crippen molar-refractivity contribution in [3.63, 3.8) is 0 Å². The molecule has 4 nitrogen and oxygen atoms in total. The second kappa shape index (κ2) is 6.07. The third-order valence-electron chi connectivity index (χ3n) is 2.70. The maximum atomic E-state index is 8.72. The molecular formula is C15H16N2O2. The lowest BCUT2D eigenvalue weighted by atomic mass is 10.1. The predicted octanol–water partition coefficient (Wildman–Crippen LogP) is 1.59. The maximum absolute atomic E-state index is 8.72. The zero-order valence-electron chi connectivity index (χ0n) is 11.1. The minimum absolute atomic E-state index is 0.139. The normalized spacial score (nSPS) is 9.84. The maximum Gasteiger partial charge on any atom is 0.124 e. The molecule has 0 aliphatic carbocycles. The standard InChI is InChI=1S/C15H16N2O2/c1-12-7-8-17(16-12)11-14-10-13(4-3-9-18)5-6-15(14)19-2/h5-8,10,18H,9,11H2,1-2H3. The van der Waals surface area contributed by atoms with Gasteiger partial charge in [0.1, 0.15) is 12.4 Å². The quantitative estimate of drug-likeness (QED) is 0.848. The van der Waals surface area contributed by atoms with Gasteiger partial charge in [-0.2, -0.15) is 5.10 Å². The van der Waals surface area contributed by atoms with E-state index in [0.717, 1.165) is 22.6 Å². The van der Waals surface area contributed by atoms with Gasteiger partial charge in [-0.1, -0.05) is 11.8 Å².